The summed E-state index contributed by atoms with van der Waals surface area (Å²) in [7, 11) is 1.33. The summed E-state index contributed by atoms with van der Waals surface area (Å²) in [5.74, 6) is -2.59. The molecule has 6 heteroatoms. The van der Waals surface area contributed by atoms with Gasteiger partial charge in [0.25, 0.3) is 0 Å². The Balaban J connectivity index is 2.13. The predicted molar refractivity (Wildman–Crippen MR) is 83.0 cm³/mol. The van der Waals surface area contributed by atoms with Crippen molar-refractivity contribution in [3.63, 3.8) is 0 Å². The van der Waals surface area contributed by atoms with Crippen LogP contribution in [0.25, 0.3) is 0 Å². The molecule has 1 saturated heterocycles. The van der Waals surface area contributed by atoms with Gasteiger partial charge in [-0.25, -0.2) is 4.79 Å². The third kappa shape index (κ3) is 3.76. The van der Waals surface area contributed by atoms with Crippen molar-refractivity contribution in [2.75, 3.05) is 13.7 Å². The van der Waals surface area contributed by atoms with Crippen molar-refractivity contribution in [2.24, 2.45) is 5.92 Å². The highest BCUT2D eigenvalue weighted by molar-refractivity contribution is 5.99. The van der Waals surface area contributed by atoms with E-state index in [-0.39, 0.29) is 18.2 Å². The molecule has 1 aromatic carbocycles. The van der Waals surface area contributed by atoms with Crippen LogP contribution in [0.1, 0.15) is 35.7 Å². The average molecular weight is 319 g/mol. The number of likely N-dealkylation sites (tertiary alicyclic amines) is 1. The SMILES string of the molecule is CCC1C(C(=O)O)C(=O)CCN1Cc1ccc(C(=O)OC)cc1. The van der Waals surface area contributed by atoms with E-state index in [1.807, 2.05) is 24.0 Å². The molecule has 1 aliphatic heterocycles. The lowest BCUT2D eigenvalue weighted by Crippen LogP contribution is -2.51. The maximum absolute atomic E-state index is 11.9. The molecular formula is C17H21NO5. The molecule has 1 aromatic rings. The first kappa shape index (κ1) is 17.1. The summed E-state index contributed by atoms with van der Waals surface area (Å²) in [4.78, 5) is 36.7. The summed E-state index contributed by atoms with van der Waals surface area (Å²) in [6, 6.07) is 6.72. The number of Topliss-reactive ketones (excluding diaryl/α,β-unsaturated/α-hetero) is 1. The van der Waals surface area contributed by atoms with E-state index in [1.165, 1.54) is 7.11 Å². The molecule has 1 fully saturated rings. The number of aliphatic carboxylic acids is 1. The van der Waals surface area contributed by atoms with E-state index in [1.54, 1.807) is 12.1 Å². The van der Waals surface area contributed by atoms with Gasteiger partial charge in [0.05, 0.1) is 12.7 Å². The average Bonchev–Trinajstić information content (AvgIpc) is 2.55. The van der Waals surface area contributed by atoms with Gasteiger partial charge in [-0.3, -0.25) is 14.5 Å². The Bertz CT molecular complexity index is 596. The molecule has 0 amide bonds. The Morgan fingerprint density at radius 3 is 2.48 bits per heavy atom. The van der Waals surface area contributed by atoms with Crippen LogP contribution in [0.15, 0.2) is 24.3 Å². The topological polar surface area (TPSA) is 83.9 Å². The van der Waals surface area contributed by atoms with Gasteiger partial charge in [-0.15, -0.1) is 0 Å². The highest BCUT2D eigenvalue weighted by atomic mass is 16.5. The summed E-state index contributed by atoms with van der Waals surface area (Å²) in [5, 5.41) is 9.32. The number of nitrogens with zero attached hydrogens (tertiary/aromatic N) is 1. The number of rotatable bonds is 5. The Morgan fingerprint density at radius 2 is 1.96 bits per heavy atom. The number of carboxylic acid groups (broad SMARTS) is 1. The van der Waals surface area contributed by atoms with Gasteiger partial charge in [-0.05, 0) is 24.1 Å². The molecule has 124 valence electrons. The van der Waals surface area contributed by atoms with Gasteiger partial charge in [-0.1, -0.05) is 19.1 Å². The second-order valence-electron chi connectivity index (χ2n) is 5.67. The normalized spacial score (nSPS) is 21.9. The molecule has 0 saturated carbocycles. The number of esters is 1. The lowest BCUT2D eigenvalue weighted by molar-refractivity contribution is -0.152. The summed E-state index contributed by atoms with van der Waals surface area (Å²) < 4.78 is 4.66. The van der Waals surface area contributed by atoms with E-state index >= 15 is 0 Å². The monoisotopic (exact) mass is 319 g/mol. The largest absolute Gasteiger partial charge is 0.481 e. The van der Waals surface area contributed by atoms with Gasteiger partial charge >= 0.3 is 11.9 Å². The fraction of sp³-hybridized carbons (Fsp3) is 0.471. The zero-order chi connectivity index (χ0) is 17.0. The first-order chi connectivity index (χ1) is 11.0. The van der Waals surface area contributed by atoms with Crippen LogP contribution in [0.5, 0.6) is 0 Å². The number of carboxylic acids is 1. The third-order valence-electron chi connectivity index (χ3n) is 4.29. The third-order valence-corrected chi connectivity index (χ3v) is 4.29. The van der Waals surface area contributed by atoms with Gasteiger partial charge in [0.15, 0.2) is 0 Å². The van der Waals surface area contributed by atoms with Crippen molar-refractivity contribution < 1.29 is 24.2 Å². The zero-order valence-electron chi connectivity index (χ0n) is 13.3. The van der Waals surface area contributed by atoms with Crippen LogP contribution in [0, 0.1) is 5.92 Å². The molecule has 0 bridgehead atoms. The maximum Gasteiger partial charge on any atom is 0.337 e. The molecule has 2 rings (SSSR count). The molecule has 1 aliphatic rings. The molecule has 1 N–H and O–H groups in total. The minimum atomic E-state index is -1.05. The number of piperidine rings is 1. The molecule has 0 aliphatic carbocycles. The lowest BCUT2D eigenvalue weighted by Gasteiger charge is -2.38. The molecule has 1 heterocycles. The fourth-order valence-corrected chi connectivity index (χ4v) is 3.09. The van der Waals surface area contributed by atoms with Crippen LogP contribution in [-0.4, -0.2) is 47.4 Å². The first-order valence-electron chi connectivity index (χ1n) is 7.64. The van der Waals surface area contributed by atoms with E-state index in [9.17, 15) is 19.5 Å². The number of ether oxygens (including phenoxy) is 1. The van der Waals surface area contributed by atoms with Gasteiger partial charge in [0, 0.05) is 25.6 Å². The van der Waals surface area contributed by atoms with E-state index in [4.69, 9.17) is 0 Å². The molecule has 0 aromatic heterocycles. The van der Waals surface area contributed by atoms with E-state index in [0.29, 0.717) is 25.1 Å². The number of methoxy groups -OCH3 is 1. The Hall–Kier alpha value is -2.21. The number of benzene rings is 1. The summed E-state index contributed by atoms with van der Waals surface area (Å²) in [6.07, 6.45) is 0.858. The molecule has 0 radical (unpaired) electrons. The highest BCUT2D eigenvalue weighted by Gasteiger charge is 2.40. The van der Waals surface area contributed by atoms with Crippen molar-refractivity contribution in [2.45, 2.75) is 32.4 Å². The van der Waals surface area contributed by atoms with Crippen LogP contribution in [0.4, 0.5) is 0 Å². The smallest absolute Gasteiger partial charge is 0.337 e. The second-order valence-corrected chi connectivity index (χ2v) is 5.67. The lowest BCUT2D eigenvalue weighted by atomic mass is 9.86. The molecule has 23 heavy (non-hydrogen) atoms. The van der Waals surface area contributed by atoms with Crippen molar-refractivity contribution in [3.05, 3.63) is 35.4 Å². The minimum absolute atomic E-state index is 0.193. The van der Waals surface area contributed by atoms with Crippen molar-refractivity contribution in [1.82, 2.24) is 4.90 Å². The van der Waals surface area contributed by atoms with Crippen molar-refractivity contribution in [3.8, 4) is 0 Å². The van der Waals surface area contributed by atoms with Gasteiger partial charge < -0.3 is 9.84 Å². The quantitative estimate of drug-likeness (QED) is 0.657. The van der Waals surface area contributed by atoms with Crippen LogP contribution in [0.3, 0.4) is 0 Å². The van der Waals surface area contributed by atoms with Gasteiger partial charge in [0.1, 0.15) is 11.7 Å². The second kappa shape index (κ2) is 7.37. The number of carbonyl (C=O) groups is 3. The molecule has 0 spiro atoms. The van der Waals surface area contributed by atoms with Crippen LogP contribution >= 0.6 is 0 Å². The van der Waals surface area contributed by atoms with E-state index in [0.717, 1.165) is 5.56 Å². The van der Waals surface area contributed by atoms with Crippen molar-refractivity contribution >= 4 is 17.7 Å². The summed E-state index contributed by atoms with van der Waals surface area (Å²) >= 11 is 0. The first-order valence-corrected chi connectivity index (χ1v) is 7.64. The molecular weight excluding hydrogens is 298 g/mol. The van der Waals surface area contributed by atoms with E-state index in [2.05, 4.69) is 4.74 Å². The highest BCUT2D eigenvalue weighted by Crippen LogP contribution is 2.25. The van der Waals surface area contributed by atoms with Crippen LogP contribution in [-0.2, 0) is 20.9 Å². The summed E-state index contributed by atoms with van der Waals surface area (Å²) in [6.45, 7) is 3.00. The Labute approximate surface area is 135 Å². The number of hydrogen-bond acceptors (Lipinski definition) is 5. The number of ketones is 1. The zero-order valence-corrected chi connectivity index (χ0v) is 13.3. The predicted octanol–water partition coefficient (Wildman–Crippen LogP) is 1.73. The maximum atomic E-state index is 11.9. The van der Waals surface area contributed by atoms with E-state index < -0.39 is 17.9 Å². The standard InChI is InChI=1S/C17H21NO5/c1-3-13-15(16(20)21)14(19)8-9-18(13)10-11-4-6-12(7-5-11)17(22)23-2/h4-7,13,15H,3,8-10H2,1-2H3,(H,20,21). The van der Waals surface area contributed by atoms with Crippen LogP contribution < -0.4 is 0 Å². The molecule has 2 atom stereocenters. The number of carbonyl (C=O) groups excluding carboxylic acids is 2. The molecule has 6 nitrogen and oxygen atoms in total. The van der Waals surface area contributed by atoms with Gasteiger partial charge in [0.2, 0.25) is 0 Å². The fourth-order valence-electron chi connectivity index (χ4n) is 3.09. The van der Waals surface area contributed by atoms with Gasteiger partial charge in [-0.2, -0.15) is 0 Å². The summed E-state index contributed by atoms with van der Waals surface area (Å²) in [5.41, 5.74) is 1.44. The molecule has 2 unspecified atom stereocenters. The minimum Gasteiger partial charge on any atom is -0.481 e. The Morgan fingerprint density at radius 1 is 1.30 bits per heavy atom. The number of hydrogen-bond donors (Lipinski definition) is 1. The van der Waals surface area contributed by atoms with Crippen LogP contribution in [0.2, 0.25) is 0 Å². The van der Waals surface area contributed by atoms with Crippen molar-refractivity contribution in [1.29, 1.82) is 0 Å². The Kier molecular flexibility index (Phi) is 5.50.